The number of phenolic OH excluding ortho intramolecular Hbond substituents is 1. The number of aromatic hydroxyl groups is 1. The van der Waals surface area contributed by atoms with Crippen LogP contribution in [-0.2, 0) is 16.0 Å². The van der Waals surface area contributed by atoms with Crippen LogP contribution in [0.2, 0.25) is 0 Å². The van der Waals surface area contributed by atoms with Gasteiger partial charge in [0.15, 0.2) is 0 Å². The van der Waals surface area contributed by atoms with Gasteiger partial charge in [0.25, 0.3) is 0 Å². The van der Waals surface area contributed by atoms with Crippen LogP contribution in [0.3, 0.4) is 0 Å². The van der Waals surface area contributed by atoms with E-state index < -0.39 is 23.5 Å². The lowest BCUT2D eigenvalue weighted by Crippen LogP contribution is -2.48. The van der Waals surface area contributed by atoms with Gasteiger partial charge in [-0.3, -0.25) is 4.79 Å². The topological polar surface area (TPSA) is 120 Å². The zero-order valence-electron chi connectivity index (χ0n) is 12.7. The molecule has 0 unspecified atom stereocenters. The van der Waals surface area contributed by atoms with Gasteiger partial charge in [0.2, 0.25) is 5.91 Å². The molecule has 7 nitrogen and oxygen atoms in total. The van der Waals surface area contributed by atoms with Crippen LogP contribution in [0.25, 0.3) is 11.0 Å². The summed E-state index contributed by atoms with van der Waals surface area (Å²) in [5, 5.41) is 23.1. The Labute approximate surface area is 131 Å². The summed E-state index contributed by atoms with van der Waals surface area (Å²) >= 11 is 0. The minimum absolute atomic E-state index is 0.0368. The molecule has 0 spiro atoms. The number of carbonyl (C=O) groups is 2. The molecule has 0 aliphatic carbocycles. The lowest BCUT2D eigenvalue weighted by atomic mass is 10.0. The Bertz CT molecular complexity index is 823. The lowest BCUT2D eigenvalue weighted by Gasteiger charge is -2.18. The molecular weight excluding hydrogens is 302 g/mol. The quantitative estimate of drug-likeness (QED) is 0.748. The van der Waals surface area contributed by atoms with Crippen molar-refractivity contribution in [1.82, 2.24) is 5.32 Å². The van der Waals surface area contributed by atoms with E-state index in [9.17, 15) is 24.6 Å². The third-order valence-electron chi connectivity index (χ3n) is 3.64. The highest BCUT2D eigenvalue weighted by atomic mass is 16.4. The number of aryl methyl sites for hydroxylation is 1. The van der Waals surface area contributed by atoms with Gasteiger partial charge >= 0.3 is 5.63 Å². The summed E-state index contributed by atoms with van der Waals surface area (Å²) in [6.07, 6.45) is -0.118. The van der Waals surface area contributed by atoms with Crippen LogP contribution in [0.1, 0.15) is 24.5 Å². The average Bonchev–Trinajstić information content (AvgIpc) is 2.48. The fourth-order valence-electron chi connectivity index (χ4n) is 2.32. The van der Waals surface area contributed by atoms with Crippen molar-refractivity contribution in [2.75, 3.05) is 0 Å². The monoisotopic (exact) mass is 318 g/mol. The number of nitrogens with one attached hydrogen (secondary N) is 1. The van der Waals surface area contributed by atoms with Gasteiger partial charge in [0.1, 0.15) is 11.3 Å². The van der Waals surface area contributed by atoms with Crippen molar-refractivity contribution in [3.63, 3.8) is 0 Å². The van der Waals surface area contributed by atoms with Crippen LogP contribution >= 0.6 is 0 Å². The number of hydrogen-bond acceptors (Lipinski definition) is 6. The van der Waals surface area contributed by atoms with Gasteiger partial charge in [0.05, 0.1) is 24.0 Å². The van der Waals surface area contributed by atoms with Crippen LogP contribution in [0.5, 0.6) is 5.75 Å². The molecule has 2 N–H and O–H groups in total. The zero-order valence-corrected chi connectivity index (χ0v) is 12.7. The summed E-state index contributed by atoms with van der Waals surface area (Å²) in [6.45, 7) is 3.26. The number of rotatable bonds is 5. The van der Waals surface area contributed by atoms with Crippen molar-refractivity contribution in [3.05, 3.63) is 39.7 Å². The van der Waals surface area contributed by atoms with Crippen molar-refractivity contribution in [2.45, 2.75) is 32.7 Å². The second-order valence-corrected chi connectivity index (χ2v) is 5.20. The van der Waals surface area contributed by atoms with Gasteiger partial charge in [-0.25, -0.2) is 4.79 Å². The fraction of sp³-hybridized carbons (Fsp3) is 0.312. The van der Waals surface area contributed by atoms with E-state index in [-0.39, 0.29) is 29.7 Å². The van der Waals surface area contributed by atoms with E-state index in [1.54, 1.807) is 19.9 Å². The molecule has 0 aliphatic rings. The van der Waals surface area contributed by atoms with Gasteiger partial charge in [-0.05, 0) is 31.0 Å². The molecule has 0 saturated heterocycles. The van der Waals surface area contributed by atoms with Gasteiger partial charge in [-0.15, -0.1) is 0 Å². The molecule has 23 heavy (non-hydrogen) atoms. The number of amides is 1. The largest absolute Gasteiger partial charge is 0.548 e. The molecule has 0 bridgehead atoms. The third kappa shape index (κ3) is 3.50. The highest BCUT2D eigenvalue weighted by Crippen LogP contribution is 2.23. The molecule has 0 fully saturated rings. The molecular formula is C16H16NO6-. The number of phenols is 1. The summed E-state index contributed by atoms with van der Waals surface area (Å²) in [6, 6.07) is 3.24. The Morgan fingerprint density at radius 1 is 1.39 bits per heavy atom. The standard InChI is InChI=1S/C16H17NO6/c1-3-12(15(20)21)17-14(19)7-11-8(2)10-5-4-9(18)6-13(10)23-16(11)22/h4-6,12,18H,3,7H2,1-2H3,(H,17,19)(H,20,21)/p-1/t12-/m1/s1. The van der Waals surface area contributed by atoms with Crippen LogP contribution in [-0.4, -0.2) is 23.0 Å². The first-order chi connectivity index (χ1) is 10.8. The first-order valence-corrected chi connectivity index (χ1v) is 7.09. The molecule has 0 radical (unpaired) electrons. The summed E-state index contributed by atoms with van der Waals surface area (Å²) in [4.78, 5) is 34.8. The second-order valence-electron chi connectivity index (χ2n) is 5.20. The molecule has 1 aromatic heterocycles. The molecule has 0 aliphatic heterocycles. The van der Waals surface area contributed by atoms with Gasteiger partial charge in [-0.2, -0.15) is 0 Å². The van der Waals surface area contributed by atoms with Crippen molar-refractivity contribution in [1.29, 1.82) is 0 Å². The first kappa shape index (κ1) is 16.5. The van der Waals surface area contributed by atoms with Crippen LogP contribution < -0.4 is 16.0 Å². The maximum Gasteiger partial charge on any atom is 0.340 e. The predicted molar refractivity (Wildman–Crippen MR) is 79.8 cm³/mol. The van der Waals surface area contributed by atoms with E-state index in [0.29, 0.717) is 10.9 Å². The van der Waals surface area contributed by atoms with Gasteiger partial charge < -0.3 is 24.7 Å². The molecule has 1 aromatic carbocycles. The highest BCUT2D eigenvalue weighted by Gasteiger charge is 2.17. The Balaban J connectivity index is 2.33. The van der Waals surface area contributed by atoms with Crippen LogP contribution in [0, 0.1) is 6.92 Å². The Morgan fingerprint density at radius 3 is 2.70 bits per heavy atom. The number of carbonyl (C=O) groups excluding carboxylic acids is 2. The molecule has 2 rings (SSSR count). The summed E-state index contributed by atoms with van der Waals surface area (Å²) in [7, 11) is 0. The second kappa shape index (κ2) is 6.51. The van der Waals surface area contributed by atoms with Crippen molar-refractivity contribution in [2.24, 2.45) is 0 Å². The highest BCUT2D eigenvalue weighted by molar-refractivity contribution is 5.87. The number of aliphatic carboxylic acids is 1. The minimum Gasteiger partial charge on any atom is -0.548 e. The van der Waals surface area contributed by atoms with E-state index >= 15 is 0 Å². The first-order valence-electron chi connectivity index (χ1n) is 7.09. The number of hydrogen-bond donors (Lipinski definition) is 2. The predicted octanol–water partition coefficient (Wildman–Crippen LogP) is -0.00578. The number of fused-ring (bicyclic) bond motifs is 1. The normalized spacial score (nSPS) is 12.1. The minimum atomic E-state index is -1.38. The Hall–Kier alpha value is -2.83. The molecule has 122 valence electrons. The smallest absolute Gasteiger partial charge is 0.340 e. The summed E-state index contributed by atoms with van der Waals surface area (Å²) in [5.74, 6) is -2.02. The molecule has 1 atom stereocenters. The van der Waals surface area contributed by atoms with Crippen molar-refractivity contribution in [3.8, 4) is 5.75 Å². The maximum absolute atomic E-state index is 12.0. The summed E-state index contributed by atoms with van der Waals surface area (Å²) in [5.41, 5.74) is 0.219. The molecule has 2 aromatic rings. The van der Waals surface area contributed by atoms with E-state index in [1.165, 1.54) is 12.1 Å². The van der Waals surface area contributed by atoms with E-state index in [4.69, 9.17) is 4.42 Å². The van der Waals surface area contributed by atoms with Crippen molar-refractivity contribution >= 4 is 22.8 Å². The van der Waals surface area contributed by atoms with Crippen LogP contribution in [0.4, 0.5) is 0 Å². The Kier molecular flexibility index (Phi) is 4.68. The summed E-state index contributed by atoms with van der Waals surface area (Å²) < 4.78 is 5.11. The molecule has 1 heterocycles. The van der Waals surface area contributed by atoms with Gasteiger partial charge in [0, 0.05) is 11.5 Å². The number of carboxylic acid groups (broad SMARTS) is 1. The molecule has 1 amide bonds. The van der Waals surface area contributed by atoms with Gasteiger partial charge in [-0.1, -0.05) is 6.92 Å². The van der Waals surface area contributed by atoms with Crippen molar-refractivity contribution < 1.29 is 24.2 Å². The number of carboxylic acids is 1. The average molecular weight is 318 g/mol. The van der Waals surface area contributed by atoms with E-state index in [2.05, 4.69) is 5.32 Å². The van der Waals surface area contributed by atoms with E-state index in [1.807, 2.05) is 0 Å². The Morgan fingerprint density at radius 2 is 2.09 bits per heavy atom. The fourth-order valence-corrected chi connectivity index (χ4v) is 2.32. The van der Waals surface area contributed by atoms with E-state index in [0.717, 1.165) is 0 Å². The zero-order chi connectivity index (χ0) is 17.1. The SMILES string of the molecule is CC[C@@H](NC(=O)Cc1c(C)c2ccc(O)cc2oc1=O)C(=O)[O-]. The van der Waals surface area contributed by atoms with Crippen LogP contribution in [0.15, 0.2) is 27.4 Å². The lowest BCUT2D eigenvalue weighted by molar-refractivity contribution is -0.308. The third-order valence-corrected chi connectivity index (χ3v) is 3.64. The number of benzene rings is 1. The molecule has 0 saturated carbocycles. The molecule has 7 heteroatoms. The maximum atomic E-state index is 12.0.